The summed E-state index contributed by atoms with van der Waals surface area (Å²) in [5.74, 6) is 1.95. The molecule has 2 aromatic rings. The topological polar surface area (TPSA) is 64.8 Å². The molecule has 2 aromatic heterocycles. The van der Waals surface area contributed by atoms with Gasteiger partial charge in [0, 0.05) is 12.6 Å². The zero-order chi connectivity index (χ0) is 15.0. The number of fused-ring (bicyclic) bond motifs is 1. The Balaban J connectivity index is 2.10. The first kappa shape index (κ1) is 14.5. The average Bonchev–Trinajstić information content (AvgIpc) is 2.74. The summed E-state index contributed by atoms with van der Waals surface area (Å²) in [6.45, 7) is 4.30. The molecule has 0 radical (unpaired) electrons. The fourth-order valence-electron chi connectivity index (χ4n) is 3.07. The lowest BCUT2D eigenvalue weighted by Gasteiger charge is -2.25. The second kappa shape index (κ2) is 5.40. The molecule has 1 fully saturated rings. The van der Waals surface area contributed by atoms with Crippen molar-refractivity contribution in [1.82, 2.24) is 14.5 Å². The van der Waals surface area contributed by atoms with Gasteiger partial charge >= 0.3 is 0 Å². The lowest BCUT2D eigenvalue weighted by atomic mass is 10.1. The lowest BCUT2D eigenvalue weighted by Crippen LogP contribution is -2.28. The Morgan fingerprint density at radius 1 is 1.43 bits per heavy atom. The van der Waals surface area contributed by atoms with E-state index in [1.165, 1.54) is 0 Å². The summed E-state index contributed by atoms with van der Waals surface area (Å²) >= 11 is 0. The third-order valence-corrected chi connectivity index (χ3v) is 5.72. The number of nitrogens with zero attached hydrogens (tertiary/aromatic N) is 3. The fourth-order valence-corrected chi connectivity index (χ4v) is 4.75. The number of rotatable bonds is 3. The summed E-state index contributed by atoms with van der Waals surface area (Å²) in [4.78, 5) is 9.12. The molecule has 0 N–H and O–H groups in total. The van der Waals surface area contributed by atoms with Crippen LogP contribution in [0.4, 0.5) is 0 Å². The molecule has 3 rings (SSSR count). The van der Waals surface area contributed by atoms with Crippen LogP contribution >= 0.6 is 0 Å². The van der Waals surface area contributed by atoms with Crippen molar-refractivity contribution in [2.45, 2.75) is 39.2 Å². The molecular formula is C15H21N3O2S. The Hall–Kier alpha value is -1.43. The van der Waals surface area contributed by atoms with E-state index in [0.29, 0.717) is 11.7 Å². The van der Waals surface area contributed by atoms with Gasteiger partial charge in [-0.2, -0.15) is 0 Å². The first-order chi connectivity index (χ1) is 9.96. The number of pyridine rings is 1. The largest absolute Gasteiger partial charge is 0.309 e. The zero-order valence-corrected chi connectivity index (χ0v) is 13.3. The highest BCUT2D eigenvalue weighted by Crippen LogP contribution is 2.29. The van der Waals surface area contributed by atoms with E-state index in [-0.39, 0.29) is 11.8 Å². The Morgan fingerprint density at radius 3 is 2.95 bits per heavy atom. The van der Waals surface area contributed by atoms with Gasteiger partial charge in [0.05, 0.1) is 17.5 Å². The predicted octanol–water partition coefficient (Wildman–Crippen LogP) is 2.38. The normalized spacial score (nSPS) is 22.0. The molecule has 0 bridgehead atoms. The van der Waals surface area contributed by atoms with Crippen LogP contribution in [0.1, 0.15) is 38.6 Å². The van der Waals surface area contributed by atoms with E-state index in [1.54, 1.807) is 6.20 Å². The minimum atomic E-state index is -2.95. The van der Waals surface area contributed by atoms with Crippen molar-refractivity contribution < 1.29 is 8.42 Å². The van der Waals surface area contributed by atoms with Crippen molar-refractivity contribution in [3.63, 3.8) is 0 Å². The van der Waals surface area contributed by atoms with Crippen LogP contribution < -0.4 is 0 Å². The van der Waals surface area contributed by atoms with Gasteiger partial charge in [-0.1, -0.05) is 13.8 Å². The lowest BCUT2D eigenvalue weighted by molar-refractivity contribution is 0.455. The molecule has 21 heavy (non-hydrogen) atoms. The maximum atomic E-state index is 12.0. The molecule has 6 heteroatoms. The Bertz CT molecular complexity index is 749. The highest BCUT2D eigenvalue weighted by Gasteiger charge is 2.29. The summed E-state index contributed by atoms with van der Waals surface area (Å²) in [6.07, 6.45) is 4.19. The van der Waals surface area contributed by atoms with Gasteiger partial charge in [0.1, 0.15) is 11.3 Å². The van der Waals surface area contributed by atoms with Gasteiger partial charge in [0.25, 0.3) is 0 Å². The van der Waals surface area contributed by atoms with Crippen molar-refractivity contribution in [1.29, 1.82) is 0 Å². The molecule has 3 heterocycles. The van der Waals surface area contributed by atoms with Gasteiger partial charge in [-0.3, -0.25) is 0 Å². The van der Waals surface area contributed by atoms with Gasteiger partial charge in [-0.25, -0.2) is 18.4 Å². The number of hydrogen-bond acceptors (Lipinski definition) is 4. The molecule has 0 amide bonds. The molecule has 0 aliphatic carbocycles. The number of sulfone groups is 1. The second-order valence-corrected chi connectivity index (χ2v) is 8.48. The van der Waals surface area contributed by atoms with Crippen LogP contribution in [0.25, 0.3) is 11.2 Å². The number of hydrogen-bond donors (Lipinski definition) is 0. The summed E-state index contributed by atoms with van der Waals surface area (Å²) in [5, 5.41) is 0. The van der Waals surface area contributed by atoms with Crippen LogP contribution in [0.2, 0.25) is 0 Å². The number of aromatic nitrogens is 3. The molecule has 1 atom stereocenters. The van der Waals surface area contributed by atoms with E-state index < -0.39 is 9.84 Å². The Morgan fingerprint density at radius 2 is 2.24 bits per heavy atom. The first-order valence-electron chi connectivity index (χ1n) is 7.48. The summed E-state index contributed by atoms with van der Waals surface area (Å²) < 4.78 is 26.0. The molecular weight excluding hydrogens is 286 g/mol. The first-order valence-corrected chi connectivity index (χ1v) is 9.30. The van der Waals surface area contributed by atoms with Crippen molar-refractivity contribution in [3.05, 3.63) is 24.2 Å². The van der Waals surface area contributed by atoms with Gasteiger partial charge in [-0.15, -0.1) is 0 Å². The van der Waals surface area contributed by atoms with Crippen LogP contribution in [-0.2, 0) is 16.3 Å². The molecule has 1 unspecified atom stereocenters. The smallest absolute Gasteiger partial charge is 0.160 e. The SMILES string of the molecule is CC(C)Cc1nc2cccnc2n1C1CCCS(=O)(=O)C1. The monoisotopic (exact) mass is 307 g/mol. The Kier molecular flexibility index (Phi) is 3.73. The highest BCUT2D eigenvalue weighted by atomic mass is 32.2. The zero-order valence-electron chi connectivity index (χ0n) is 12.5. The minimum absolute atomic E-state index is 0.0302. The van der Waals surface area contributed by atoms with Crippen molar-refractivity contribution in [2.75, 3.05) is 11.5 Å². The molecule has 0 spiro atoms. The fraction of sp³-hybridized carbons (Fsp3) is 0.600. The Labute approximate surface area is 125 Å². The number of imidazole rings is 1. The summed E-state index contributed by atoms with van der Waals surface area (Å²) in [5.41, 5.74) is 1.67. The van der Waals surface area contributed by atoms with E-state index >= 15 is 0 Å². The second-order valence-electron chi connectivity index (χ2n) is 6.25. The minimum Gasteiger partial charge on any atom is -0.309 e. The molecule has 1 saturated heterocycles. The van der Waals surface area contributed by atoms with Gasteiger partial charge in [0.2, 0.25) is 0 Å². The van der Waals surface area contributed by atoms with Gasteiger partial charge in [0.15, 0.2) is 15.5 Å². The van der Waals surface area contributed by atoms with Crippen LogP contribution in [0.5, 0.6) is 0 Å². The summed E-state index contributed by atoms with van der Waals surface area (Å²) in [6, 6.07) is 3.79. The standard InChI is InChI=1S/C15H21N3O2S/c1-11(2)9-14-17-13-6-3-7-16-15(13)18(14)12-5-4-8-21(19,20)10-12/h3,6-7,11-12H,4-5,8-10H2,1-2H3. The summed E-state index contributed by atoms with van der Waals surface area (Å²) in [7, 11) is -2.95. The third-order valence-electron chi connectivity index (χ3n) is 3.92. The van der Waals surface area contributed by atoms with E-state index in [0.717, 1.165) is 36.3 Å². The highest BCUT2D eigenvalue weighted by molar-refractivity contribution is 7.91. The molecule has 1 aliphatic heterocycles. The van der Waals surface area contributed by atoms with E-state index in [4.69, 9.17) is 0 Å². The van der Waals surface area contributed by atoms with Crippen molar-refractivity contribution in [3.8, 4) is 0 Å². The molecule has 0 saturated carbocycles. The molecule has 114 valence electrons. The van der Waals surface area contributed by atoms with Gasteiger partial charge < -0.3 is 4.57 Å². The third kappa shape index (κ3) is 2.95. The van der Waals surface area contributed by atoms with E-state index in [1.807, 2.05) is 12.1 Å². The van der Waals surface area contributed by atoms with Crippen molar-refractivity contribution in [2.24, 2.45) is 5.92 Å². The van der Waals surface area contributed by atoms with Crippen LogP contribution in [0.3, 0.4) is 0 Å². The van der Waals surface area contributed by atoms with Crippen LogP contribution in [0.15, 0.2) is 18.3 Å². The van der Waals surface area contributed by atoms with Crippen molar-refractivity contribution >= 4 is 21.0 Å². The van der Waals surface area contributed by atoms with E-state index in [2.05, 4.69) is 28.4 Å². The van der Waals surface area contributed by atoms with Crippen LogP contribution in [-0.4, -0.2) is 34.5 Å². The van der Waals surface area contributed by atoms with Gasteiger partial charge in [-0.05, 0) is 30.9 Å². The molecule has 0 aromatic carbocycles. The molecule has 5 nitrogen and oxygen atoms in total. The van der Waals surface area contributed by atoms with Crippen LogP contribution in [0, 0.1) is 5.92 Å². The molecule has 1 aliphatic rings. The van der Waals surface area contributed by atoms with E-state index in [9.17, 15) is 8.42 Å². The predicted molar refractivity (Wildman–Crippen MR) is 83.0 cm³/mol. The quantitative estimate of drug-likeness (QED) is 0.873. The maximum absolute atomic E-state index is 12.0. The average molecular weight is 307 g/mol. The maximum Gasteiger partial charge on any atom is 0.160 e.